The zero-order valence-corrected chi connectivity index (χ0v) is 20.1. The van der Waals surface area contributed by atoms with Crippen LogP contribution in [0.4, 0.5) is 0 Å². The van der Waals surface area contributed by atoms with Crippen LogP contribution in [0.3, 0.4) is 0 Å². The predicted molar refractivity (Wildman–Crippen MR) is 138 cm³/mol. The van der Waals surface area contributed by atoms with Gasteiger partial charge in [-0.3, -0.25) is 4.79 Å². The SMILES string of the molecule is CCOc1c(-c2ccc3c(c2)OC(C2=CCCC=C2)(c2ccccc2)O3)oc2cc(O)cc(O)c2c1=O. The van der Waals surface area contributed by atoms with E-state index < -0.39 is 11.2 Å². The van der Waals surface area contributed by atoms with Crippen molar-refractivity contribution < 1.29 is 28.8 Å². The van der Waals surface area contributed by atoms with Crippen LogP contribution in [-0.2, 0) is 5.79 Å². The van der Waals surface area contributed by atoms with Crippen molar-refractivity contribution in [2.75, 3.05) is 6.61 Å². The summed E-state index contributed by atoms with van der Waals surface area (Å²) in [5.74, 6) is -0.622. The Balaban J connectivity index is 1.50. The zero-order valence-electron chi connectivity index (χ0n) is 20.1. The molecule has 3 aromatic carbocycles. The molecule has 0 bridgehead atoms. The number of hydrogen-bond acceptors (Lipinski definition) is 7. The molecule has 37 heavy (non-hydrogen) atoms. The molecule has 1 aliphatic carbocycles. The minimum atomic E-state index is -1.15. The molecule has 4 aromatic rings. The third-order valence-corrected chi connectivity index (χ3v) is 6.45. The summed E-state index contributed by atoms with van der Waals surface area (Å²) in [6.07, 6.45) is 8.09. The Kier molecular flexibility index (Phi) is 5.41. The third kappa shape index (κ3) is 3.71. The Morgan fingerprint density at radius 1 is 0.973 bits per heavy atom. The van der Waals surface area contributed by atoms with Gasteiger partial charge in [0.1, 0.15) is 22.5 Å². The molecule has 0 fully saturated rings. The highest BCUT2D eigenvalue weighted by molar-refractivity contribution is 5.88. The standard InChI is InChI=1S/C30H24O7/c1-2-34-29-27(33)26-22(32)16-21(31)17-25(26)35-28(29)18-13-14-23-24(15-18)37-30(36-23,19-9-5-3-6-10-19)20-11-7-4-8-12-20/h3,5-7,9-17,31-32H,2,4,8H2,1H3. The Labute approximate surface area is 212 Å². The molecule has 0 saturated carbocycles. The number of benzene rings is 3. The molecule has 1 atom stereocenters. The van der Waals surface area contributed by atoms with Crippen LogP contribution in [-0.4, -0.2) is 16.8 Å². The molecule has 0 radical (unpaired) electrons. The largest absolute Gasteiger partial charge is 0.508 e. The van der Waals surface area contributed by atoms with Gasteiger partial charge in [0.05, 0.1) is 6.61 Å². The number of fused-ring (bicyclic) bond motifs is 2. The summed E-state index contributed by atoms with van der Waals surface area (Å²) in [5, 5.41) is 20.2. The molecule has 1 aliphatic heterocycles. The lowest BCUT2D eigenvalue weighted by Crippen LogP contribution is -2.37. The first-order valence-electron chi connectivity index (χ1n) is 12.1. The monoisotopic (exact) mass is 496 g/mol. The zero-order chi connectivity index (χ0) is 25.6. The highest BCUT2D eigenvalue weighted by atomic mass is 16.7. The van der Waals surface area contributed by atoms with Gasteiger partial charge in [-0.05, 0) is 38.0 Å². The lowest BCUT2D eigenvalue weighted by atomic mass is 9.93. The normalized spacial score (nSPS) is 18.1. The molecule has 6 rings (SSSR count). The van der Waals surface area contributed by atoms with Crippen molar-refractivity contribution in [1.29, 1.82) is 0 Å². The second-order valence-corrected chi connectivity index (χ2v) is 8.85. The fourth-order valence-electron chi connectivity index (χ4n) is 4.80. The molecule has 0 amide bonds. The van der Waals surface area contributed by atoms with Gasteiger partial charge in [0.15, 0.2) is 17.3 Å². The van der Waals surface area contributed by atoms with E-state index in [1.807, 2.05) is 36.4 Å². The van der Waals surface area contributed by atoms with Gasteiger partial charge in [-0.1, -0.05) is 48.6 Å². The maximum atomic E-state index is 13.3. The van der Waals surface area contributed by atoms with Gasteiger partial charge in [-0.15, -0.1) is 0 Å². The Hall–Kier alpha value is -4.65. The number of aromatic hydroxyl groups is 2. The Morgan fingerprint density at radius 2 is 1.78 bits per heavy atom. The molecule has 2 aliphatic rings. The number of phenols is 2. The van der Waals surface area contributed by atoms with Gasteiger partial charge >= 0.3 is 5.79 Å². The van der Waals surface area contributed by atoms with Crippen molar-refractivity contribution in [1.82, 2.24) is 0 Å². The van der Waals surface area contributed by atoms with Crippen LogP contribution in [0.5, 0.6) is 28.7 Å². The van der Waals surface area contributed by atoms with Crippen molar-refractivity contribution >= 4 is 11.0 Å². The first kappa shape index (κ1) is 22.8. The van der Waals surface area contributed by atoms with Crippen molar-refractivity contribution in [3.63, 3.8) is 0 Å². The number of phenolic OH excluding ortho intramolecular Hbond substituents is 2. The van der Waals surface area contributed by atoms with Crippen LogP contribution >= 0.6 is 0 Å². The molecule has 0 spiro atoms. The second kappa shape index (κ2) is 8.78. The topological polar surface area (TPSA) is 98.4 Å². The van der Waals surface area contributed by atoms with E-state index in [1.165, 1.54) is 6.07 Å². The van der Waals surface area contributed by atoms with Gasteiger partial charge in [0, 0.05) is 28.8 Å². The summed E-state index contributed by atoms with van der Waals surface area (Å²) < 4.78 is 24.7. The molecular weight excluding hydrogens is 472 g/mol. The summed E-state index contributed by atoms with van der Waals surface area (Å²) in [4.78, 5) is 13.3. The van der Waals surface area contributed by atoms with Gasteiger partial charge in [0.25, 0.3) is 0 Å². The predicted octanol–water partition coefficient (Wildman–Crippen LogP) is 6.17. The molecule has 1 aromatic heterocycles. The molecule has 2 N–H and O–H groups in total. The van der Waals surface area contributed by atoms with Crippen molar-refractivity contribution in [3.8, 4) is 40.1 Å². The molecular formula is C30H24O7. The fraction of sp³-hybridized carbons (Fsp3) is 0.167. The molecule has 186 valence electrons. The van der Waals surface area contributed by atoms with Gasteiger partial charge < -0.3 is 28.8 Å². The van der Waals surface area contributed by atoms with Gasteiger partial charge in [-0.2, -0.15) is 0 Å². The maximum Gasteiger partial charge on any atom is 0.305 e. The lowest BCUT2D eigenvalue weighted by molar-refractivity contribution is -0.0470. The molecule has 7 heteroatoms. The highest BCUT2D eigenvalue weighted by Gasteiger charge is 2.46. The highest BCUT2D eigenvalue weighted by Crippen LogP contribution is 2.50. The number of rotatable bonds is 5. The number of allylic oxidation sites excluding steroid dienone is 2. The van der Waals surface area contributed by atoms with E-state index in [-0.39, 0.29) is 40.6 Å². The van der Waals surface area contributed by atoms with Gasteiger partial charge in [0.2, 0.25) is 11.2 Å². The van der Waals surface area contributed by atoms with Crippen LogP contribution < -0.4 is 19.6 Å². The average molecular weight is 497 g/mol. The number of hydrogen-bond donors (Lipinski definition) is 2. The first-order valence-corrected chi connectivity index (χ1v) is 12.1. The average Bonchev–Trinajstić information content (AvgIpc) is 3.31. The van der Waals surface area contributed by atoms with Crippen LogP contribution in [0.25, 0.3) is 22.3 Å². The van der Waals surface area contributed by atoms with Crippen LogP contribution in [0.1, 0.15) is 25.3 Å². The summed E-state index contributed by atoms with van der Waals surface area (Å²) >= 11 is 0. The summed E-state index contributed by atoms with van der Waals surface area (Å²) in [6, 6.07) is 17.4. The first-order chi connectivity index (χ1) is 18.0. The Morgan fingerprint density at radius 3 is 2.54 bits per heavy atom. The van der Waals surface area contributed by atoms with Crippen LogP contribution in [0.15, 0.2) is 93.7 Å². The molecule has 7 nitrogen and oxygen atoms in total. The molecule has 1 unspecified atom stereocenters. The number of ether oxygens (including phenoxy) is 3. The van der Waals surface area contributed by atoms with E-state index in [0.717, 1.165) is 30.0 Å². The maximum absolute atomic E-state index is 13.3. The lowest BCUT2D eigenvalue weighted by Gasteiger charge is -2.30. The summed E-state index contributed by atoms with van der Waals surface area (Å²) in [6.45, 7) is 1.97. The van der Waals surface area contributed by atoms with E-state index >= 15 is 0 Å². The van der Waals surface area contributed by atoms with E-state index in [9.17, 15) is 15.0 Å². The van der Waals surface area contributed by atoms with Crippen molar-refractivity contribution in [3.05, 3.63) is 100 Å². The fourth-order valence-corrected chi connectivity index (χ4v) is 4.80. The molecule has 2 heterocycles. The third-order valence-electron chi connectivity index (χ3n) is 6.45. The second-order valence-electron chi connectivity index (χ2n) is 8.85. The molecule has 0 saturated heterocycles. The smallest absolute Gasteiger partial charge is 0.305 e. The van der Waals surface area contributed by atoms with Crippen LogP contribution in [0.2, 0.25) is 0 Å². The van der Waals surface area contributed by atoms with Crippen LogP contribution in [0, 0.1) is 0 Å². The van der Waals surface area contributed by atoms with Gasteiger partial charge in [-0.25, -0.2) is 0 Å². The summed E-state index contributed by atoms with van der Waals surface area (Å²) in [7, 11) is 0. The van der Waals surface area contributed by atoms with E-state index in [0.29, 0.717) is 17.1 Å². The minimum Gasteiger partial charge on any atom is -0.508 e. The van der Waals surface area contributed by atoms with E-state index in [1.54, 1.807) is 25.1 Å². The minimum absolute atomic E-state index is 0.0368. The quantitative estimate of drug-likeness (QED) is 0.341. The van der Waals surface area contributed by atoms with Crippen molar-refractivity contribution in [2.45, 2.75) is 25.6 Å². The summed E-state index contributed by atoms with van der Waals surface area (Å²) in [5.41, 5.74) is 1.77. The van der Waals surface area contributed by atoms with Crippen molar-refractivity contribution in [2.24, 2.45) is 0 Å². The van der Waals surface area contributed by atoms with E-state index in [2.05, 4.69) is 12.2 Å². The Bertz CT molecular complexity index is 1630. The van der Waals surface area contributed by atoms with E-state index in [4.69, 9.17) is 18.6 Å².